The highest BCUT2D eigenvalue weighted by Gasteiger charge is 2.40. The Morgan fingerprint density at radius 1 is 1.19 bits per heavy atom. The number of halogens is 1. The molecule has 0 aromatic heterocycles. The lowest BCUT2D eigenvalue weighted by Gasteiger charge is -2.22. The molecule has 1 saturated heterocycles. The molecule has 2 heterocycles. The highest BCUT2D eigenvalue weighted by atomic mass is 127. The van der Waals surface area contributed by atoms with Gasteiger partial charge in [-0.1, -0.05) is 6.92 Å². The van der Waals surface area contributed by atoms with Crippen LogP contribution in [-0.2, 0) is 14.8 Å². The number of carbonyl (C=O) groups is 1. The minimum absolute atomic E-state index is 0.0907. The molecule has 2 aromatic carbocycles. The van der Waals surface area contributed by atoms with Crippen molar-refractivity contribution in [2.24, 2.45) is 5.92 Å². The zero-order chi connectivity index (χ0) is 22.9. The van der Waals surface area contributed by atoms with Crippen LogP contribution in [0.4, 0.5) is 5.69 Å². The Balaban J connectivity index is 1.50. The third-order valence-corrected chi connectivity index (χ3v) is 9.12. The van der Waals surface area contributed by atoms with Gasteiger partial charge in [0.05, 0.1) is 17.5 Å². The van der Waals surface area contributed by atoms with E-state index in [0.29, 0.717) is 30.3 Å². The summed E-state index contributed by atoms with van der Waals surface area (Å²) in [5.74, 6) is 1.14. The summed E-state index contributed by atoms with van der Waals surface area (Å²) in [6.45, 7) is 6.18. The van der Waals surface area contributed by atoms with Crippen LogP contribution in [-0.4, -0.2) is 51.3 Å². The number of nitrogens with zero attached hydrogens (tertiary/aromatic N) is 2. The molecular weight excluding hydrogens is 539 g/mol. The fourth-order valence-corrected chi connectivity index (χ4v) is 6.69. The quantitative estimate of drug-likeness (QED) is 0.352. The molecule has 172 valence electrons. The standard InChI is InChI=1S/C24H29IN2O4S/c1-3-17(2)31-20-5-7-21(8-6-20)32(29,30)27-11-10-18(15-27)23-16-26(12-13-28)24-9-4-19(25)14-22(23)24/h4-9,13-14,17-18,23H,3,10-12,15-16H2,1-2H3/t17-,18?,23?/m0/s1. The van der Waals surface area contributed by atoms with Gasteiger partial charge >= 0.3 is 0 Å². The summed E-state index contributed by atoms with van der Waals surface area (Å²) in [5, 5.41) is 0. The van der Waals surface area contributed by atoms with Crippen molar-refractivity contribution in [2.45, 2.75) is 43.6 Å². The predicted octanol–water partition coefficient (Wildman–Crippen LogP) is 4.28. The molecule has 3 atom stereocenters. The first-order chi connectivity index (χ1) is 15.3. The monoisotopic (exact) mass is 568 g/mol. The molecule has 0 radical (unpaired) electrons. The Labute approximate surface area is 204 Å². The smallest absolute Gasteiger partial charge is 0.243 e. The van der Waals surface area contributed by atoms with Gasteiger partial charge in [-0.25, -0.2) is 8.42 Å². The molecule has 2 unspecified atom stereocenters. The molecule has 0 amide bonds. The van der Waals surface area contributed by atoms with E-state index in [1.54, 1.807) is 28.6 Å². The fraction of sp³-hybridized carbons (Fsp3) is 0.458. The first-order valence-corrected chi connectivity index (χ1v) is 13.6. The maximum Gasteiger partial charge on any atom is 0.243 e. The number of carbonyl (C=O) groups excluding carboxylic acids is 1. The number of anilines is 1. The van der Waals surface area contributed by atoms with E-state index >= 15 is 0 Å². The van der Waals surface area contributed by atoms with Crippen LogP contribution in [0, 0.1) is 9.49 Å². The highest BCUT2D eigenvalue weighted by molar-refractivity contribution is 14.1. The van der Waals surface area contributed by atoms with E-state index in [4.69, 9.17) is 4.74 Å². The van der Waals surface area contributed by atoms with Gasteiger partial charge < -0.3 is 14.4 Å². The highest BCUT2D eigenvalue weighted by Crippen LogP contribution is 2.44. The molecule has 0 N–H and O–H groups in total. The van der Waals surface area contributed by atoms with Gasteiger partial charge in [0.1, 0.15) is 12.0 Å². The predicted molar refractivity (Wildman–Crippen MR) is 134 cm³/mol. The van der Waals surface area contributed by atoms with Crippen LogP contribution in [0.3, 0.4) is 0 Å². The van der Waals surface area contributed by atoms with Crippen molar-refractivity contribution in [1.82, 2.24) is 4.31 Å². The van der Waals surface area contributed by atoms with Gasteiger partial charge in [0, 0.05) is 34.8 Å². The molecule has 2 aromatic rings. The Morgan fingerprint density at radius 3 is 2.62 bits per heavy atom. The average Bonchev–Trinajstić information content (AvgIpc) is 3.40. The SMILES string of the molecule is CC[C@H](C)Oc1ccc(S(=O)(=O)N2CCC(C3CN(CC=O)c4ccc(I)cc43)C2)cc1. The third kappa shape index (κ3) is 4.68. The van der Waals surface area contributed by atoms with E-state index in [9.17, 15) is 13.2 Å². The summed E-state index contributed by atoms with van der Waals surface area (Å²) in [6.07, 6.45) is 2.74. The van der Waals surface area contributed by atoms with Crippen molar-refractivity contribution >= 4 is 44.6 Å². The lowest BCUT2D eigenvalue weighted by Crippen LogP contribution is -2.31. The van der Waals surface area contributed by atoms with E-state index < -0.39 is 10.0 Å². The Bertz CT molecular complexity index is 1070. The van der Waals surface area contributed by atoms with Gasteiger partial charge in [0.25, 0.3) is 0 Å². The molecule has 1 fully saturated rings. The van der Waals surface area contributed by atoms with Crippen LogP contribution in [0.1, 0.15) is 38.2 Å². The van der Waals surface area contributed by atoms with Crippen LogP contribution >= 0.6 is 22.6 Å². The molecule has 6 nitrogen and oxygen atoms in total. The minimum Gasteiger partial charge on any atom is -0.491 e. The van der Waals surface area contributed by atoms with Crippen LogP contribution < -0.4 is 9.64 Å². The summed E-state index contributed by atoms with van der Waals surface area (Å²) in [6, 6.07) is 13.1. The average molecular weight is 568 g/mol. The Kier molecular flexibility index (Phi) is 7.11. The lowest BCUT2D eigenvalue weighted by molar-refractivity contribution is -0.106. The number of ether oxygens (including phenoxy) is 1. The maximum atomic E-state index is 13.3. The van der Waals surface area contributed by atoms with E-state index in [-0.39, 0.29) is 17.9 Å². The van der Waals surface area contributed by atoms with Crippen molar-refractivity contribution in [3.8, 4) is 5.75 Å². The number of aldehydes is 1. The van der Waals surface area contributed by atoms with E-state index in [2.05, 4.69) is 52.6 Å². The van der Waals surface area contributed by atoms with Gasteiger partial charge in [-0.15, -0.1) is 0 Å². The van der Waals surface area contributed by atoms with Gasteiger partial charge in [-0.05, 0) is 96.3 Å². The molecule has 0 aliphatic carbocycles. The number of hydrogen-bond acceptors (Lipinski definition) is 5. The zero-order valence-electron chi connectivity index (χ0n) is 18.4. The summed E-state index contributed by atoms with van der Waals surface area (Å²) < 4.78 is 35.1. The van der Waals surface area contributed by atoms with Crippen LogP contribution in [0.25, 0.3) is 0 Å². The molecule has 32 heavy (non-hydrogen) atoms. The van der Waals surface area contributed by atoms with Crippen molar-refractivity contribution < 1.29 is 17.9 Å². The molecule has 0 spiro atoms. The van der Waals surface area contributed by atoms with Gasteiger partial charge in [-0.3, -0.25) is 0 Å². The van der Waals surface area contributed by atoms with Crippen LogP contribution in [0.15, 0.2) is 47.4 Å². The first kappa shape index (κ1) is 23.5. The largest absolute Gasteiger partial charge is 0.491 e. The number of hydrogen-bond donors (Lipinski definition) is 0. The van der Waals surface area contributed by atoms with Crippen molar-refractivity contribution in [1.29, 1.82) is 0 Å². The number of sulfonamides is 1. The Hall–Kier alpha value is -1.65. The van der Waals surface area contributed by atoms with Crippen LogP contribution in [0.5, 0.6) is 5.75 Å². The lowest BCUT2D eigenvalue weighted by atomic mass is 9.87. The topological polar surface area (TPSA) is 66.9 Å². The maximum absolute atomic E-state index is 13.3. The number of fused-ring (bicyclic) bond motifs is 1. The van der Waals surface area contributed by atoms with Crippen molar-refractivity contribution in [2.75, 3.05) is 31.1 Å². The van der Waals surface area contributed by atoms with Crippen molar-refractivity contribution in [3.05, 3.63) is 51.6 Å². The molecule has 2 aliphatic rings. The number of rotatable bonds is 8. The number of benzene rings is 2. The molecule has 8 heteroatoms. The molecule has 2 aliphatic heterocycles. The van der Waals surface area contributed by atoms with E-state index in [1.807, 2.05) is 6.92 Å². The second-order valence-electron chi connectivity index (χ2n) is 8.60. The van der Waals surface area contributed by atoms with E-state index in [0.717, 1.165) is 34.9 Å². The molecule has 4 rings (SSSR count). The third-order valence-electron chi connectivity index (χ3n) is 6.57. The second-order valence-corrected chi connectivity index (χ2v) is 11.8. The first-order valence-electron chi connectivity index (χ1n) is 11.1. The van der Waals surface area contributed by atoms with Gasteiger partial charge in [-0.2, -0.15) is 4.31 Å². The summed E-state index contributed by atoms with van der Waals surface area (Å²) in [7, 11) is -3.55. The molecule has 0 bridgehead atoms. The van der Waals surface area contributed by atoms with Crippen molar-refractivity contribution in [3.63, 3.8) is 0 Å². The minimum atomic E-state index is -3.55. The fourth-order valence-electron chi connectivity index (χ4n) is 4.67. The summed E-state index contributed by atoms with van der Waals surface area (Å²) >= 11 is 2.31. The van der Waals surface area contributed by atoms with Gasteiger partial charge in [0.2, 0.25) is 10.0 Å². The summed E-state index contributed by atoms with van der Waals surface area (Å²) in [4.78, 5) is 13.6. The summed E-state index contributed by atoms with van der Waals surface area (Å²) in [5.41, 5.74) is 2.33. The van der Waals surface area contributed by atoms with Gasteiger partial charge in [0.15, 0.2) is 0 Å². The molecular formula is C24H29IN2O4S. The Morgan fingerprint density at radius 2 is 1.94 bits per heavy atom. The second kappa shape index (κ2) is 9.69. The normalized spacial score (nSPS) is 22.0. The van der Waals surface area contributed by atoms with E-state index in [1.165, 1.54) is 5.56 Å². The molecule has 0 saturated carbocycles. The zero-order valence-corrected chi connectivity index (χ0v) is 21.4. The van der Waals surface area contributed by atoms with Crippen LogP contribution in [0.2, 0.25) is 0 Å².